The number of nitro benzene ring substituents is 1. The van der Waals surface area contributed by atoms with Crippen LogP contribution in [0.15, 0.2) is 83.3 Å². The molecule has 9 heteroatoms. The Morgan fingerprint density at radius 2 is 1.67 bits per heavy atom. The molecular weight excluding hydrogens is 422 g/mol. The molecule has 0 aliphatic rings. The van der Waals surface area contributed by atoms with Crippen molar-refractivity contribution in [2.75, 3.05) is 5.32 Å². The summed E-state index contributed by atoms with van der Waals surface area (Å²) in [5.74, 6) is -0.196. The molecule has 0 fully saturated rings. The number of carbonyl (C=O) groups excluding carboxylic acids is 1. The number of aryl methyl sites for hydroxylation is 1. The summed E-state index contributed by atoms with van der Waals surface area (Å²) in [4.78, 5) is 25.2. The largest absolute Gasteiger partial charge is 0.451 e. The van der Waals surface area contributed by atoms with Crippen molar-refractivity contribution >= 4 is 28.3 Å². The van der Waals surface area contributed by atoms with E-state index < -0.39 is 10.8 Å². The molecule has 2 aromatic heterocycles. The molecule has 0 spiro atoms. The molecule has 0 aliphatic heterocycles. The third-order valence-corrected chi connectivity index (χ3v) is 5.16. The van der Waals surface area contributed by atoms with Crippen LogP contribution in [0.4, 0.5) is 11.4 Å². The van der Waals surface area contributed by atoms with E-state index in [1.54, 1.807) is 35.1 Å². The van der Waals surface area contributed by atoms with E-state index in [0.29, 0.717) is 22.3 Å². The van der Waals surface area contributed by atoms with Crippen molar-refractivity contribution in [2.24, 2.45) is 0 Å². The van der Waals surface area contributed by atoms with Crippen molar-refractivity contribution < 1.29 is 14.1 Å². The lowest BCUT2D eigenvalue weighted by molar-refractivity contribution is -0.384. The first-order chi connectivity index (χ1) is 16.0. The second-order valence-electron chi connectivity index (χ2n) is 7.37. The molecule has 0 saturated carbocycles. The number of aromatic nitrogens is 3. The minimum absolute atomic E-state index is 0.0376. The fourth-order valence-corrected chi connectivity index (χ4v) is 3.51. The van der Waals surface area contributed by atoms with Gasteiger partial charge in [-0.25, -0.2) is 0 Å². The van der Waals surface area contributed by atoms with Crippen LogP contribution in [-0.4, -0.2) is 25.8 Å². The molecule has 2 heterocycles. The van der Waals surface area contributed by atoms with Crippen LogP contribution in [-0.2, 0) is 0 Å². The summed E-state index contributed by atoms with van der Waals surface area (Å²) in [6.07, 6.45) is 0. The zero-order chi connectivity index (χ0) is 22.9. The first-order valence-corrected chi connectivity index (χ1v) is 10.1. The first-order valence-electron chi connectivity index (χ1n) is 10.1. The number of benzene rings is 3. The van der Waals surface area contributed by atoms with E-state index in [0.717, 1.165) is 11.3 Å². The SMILES string of the molecule is Cc1cc2nn(-c3ccccc3)nc2cc1NC(=O)c1ccc(-c2ccccc2[N+](=O)[O-])o1. The fraction of sp³-hybridized carbons (Fsp3) is 0.0417. The van der Waals surface area contributed by atoms with Gasteiger partial charge in [0.1, 0.15) is 16.8 Å². The van der Waals surface area contributed by atoms with Crippen LogP contribution >= 0.6 is 0 Å². The average Bonchev–Trinajstić information content (AvgIpc) is 3.47. The topological polar surface area (TPSA) is 116 Å². The summed E-state index contributed by atoms with van der Waals surface area (Å²) in [6, 6.07) is 22.4. The summed E-state index contributed by atoms with van der Waals surface area (Å²) in [6.45, 7) is 1.86. The van der Waals surface area contributed by atoms with Crippen molar-refractivity contribution in [2.45, 2.75) is 6.92 Å². The molecule has 0 bridgehead atoms. The van der Waals surface area contributed by atoms with Crippen LogP contribution in [0, 0.1) is 17.0 Å². The third-order valence-electron chi connectivity index (χ3n) is 5.16. The van der Waals surface area contributed by atoms with E-state index in [4.69, 9.17) is 4.42 Å². The Morgan fingerprint density at radius 1 is 0.970 bits per heavy atom. The molecule has 3 aromatic carbocycles. The maximum absolute atomic E-state index is 12.8. The van der Waals surface area contributed by atoms with Gasteiger partial charge >= 0.3 is 0 Å². The van der Waals surface area contributed by atoms with Gasteiger partial charge in [-0.15, -0.1) is 10.2 Å². The molecule has 0 unspecified atom stereocenters. The molecule has 1 amide bonds. The lowest BCUT2D eigenvalue weighted by atomic mass is 10.1. The van der Waals surface area contributed by atoms with Gasteiger partial charge in [-0.2, -0.15) is 4.80 Å². The van der Waals surface area contributed by atoms with Crippen molar-refractivity contribution in [1.82, 2.24) is 15.0 Å². The molecule has 9 nitrogen and oxygen atoms in total. The molecule has 1 N–H and O–H groups in total. The highest BCUT2D eigenvalue weighted by Gasteiger charge is 2.20. The lowest BCUT2D eigenvalue weighted by Gasteiger charge is -2.06. The normalized spacial score (nSPS) is 10.9. The lowest BCUT2D eigenvalue weighted by Crippen LogP contribution is -2.11. The number of amides is 1. The first kappa shape index (κ1) is 20.1. The van der Waals surface area contributed by atoms with Gasteiger partial charge in [0.2, 0.25) is 0 Å². The van der Waals surface area contributed by atoms with E-state index in [-0.39, 0.29) is 17.2 Å². The Balaban J connectivity index is 1.42. The number of nitrogens with one attached hydrogen (secondary N) is 1. The van der Waals surface area contributed by atoms with Gasteiger partial charge in [0.25, 0.3) is 11.6 Å². The molecule has 0 radical (unpaired) electrons. The molecule has 5 aromatic rings. The predicted molar refractivity (Wildman–Crippen MR) is 122 cm³/mol. The minimum atomic E-state index is -0.487. The number of furan rings is 1. The quantitative estimate of drug-likeness (QED) is 0.299. The summed E-state index contributed by atoms with van der Waals surface area (Å²) in [7, 11) is 0. The summed E-state index contributed by atoms with van der Waals surface area (Å²) in [5.41, 5.74) is 3.73. The number of fused-ring (bicyclic) bond motifs is 1. The average molecular weight is 439 g/mol. The molecule has 0 atom stereocenters. The molecular formula is C24H17N5O4. The van der Waals surface area contributed by atoms with Gasteiger partial charge in [0, 0.05) is 11.8 Å². The standard InChI is InChI=1S/C24H17N5O4/c1-15-13-19-20(27-28(26-19)16-7-3-2-4-8-16)14-18(15)25-24(30)23-12-11-22(33-23)17-9-5-6-10-21(17)29(31)32/h2-14H,1H3,(H,25,30). The zero-order valence-corrected chi connectivity index (χ0v) is 17.4. The molecule has 0 saturated heterocycles. The Hall–Kier alpha value is -4.79. The van der Waals surface area contributed by atoms with Crippen molar-refractivity contribution in [3.05, 3.63) is 100 Å². The number of hydrogen-bond acceptors (Lipinski definition) is 6. The van der Waals surface area contributed by atoms with E-state index in [1.807, 2.05) is 43.3 Å². The summed E-state index contributed by atoms with van der Waals surface area (Å²) < 4.78 is 5.64. The van der Waals surface area contributed by atoms with Gasteiger partial charge < -0.3 is 9.73 Å². The van der Waals surface area contributed by atoms with Gasteiger partial charge in [0.15, 0.2) is 5.76 Å². The number of para-hydroxylation sites is 2. The predicted octanol–water partition coefficient (Wildman–Crippen LogP) is 5.15. The number of anilines is 1. The third kappa shape index (κ3) is 3.83. The van der Waals surface area contributed by atoms with Gasteiger partial charge in [-0.3, -0.25) is 14.9 Å². The zero-order valence-electron chi connectivity index (χ0n) is 17.4. The molecule has 5 rings (SSSR count). The van der Waals surface area contributed by atoms with Gasteiger partial charge in [-0.1, -0.05) is 30.3 Å². The van der Waals surface area contributed by atoms with E-state index >= 15 is 0 Å². The van der Waals surface area contributed by atoms with Crippen LogP contribution in [0.25, 0.3) is 28.0 Å². The van der Waals surface area contributed by atoms with E-state index in [1.165, 1.54) is 12.1 Å². The molecule has 0 aliphatic carbocycles. The van der Waals surface area contributed by atoms with Crippen molar-refractivity contribution in [3.8, 4) is 17.0 Å². The highest BCUT2D eigenvalue weighted by molar-refractivity contribution is 6.04. The number of nitrogens with zero attached hydrogens (tertiary/aromatic N) is 4. The monoisotopic (exact) mass is 439 g/mol. The Morgan fingerprint density at radius 3 is 2.42 bits per heavy atom. The van der Waals surface area contributed by atoms with Crippen LogP contribution in [0.5, 0.6) is 0 Å². The maximum atomic E-state index is 12.8. The van der Waals surface area contributed by atoms with E-state index in [2.05, 4.69) is 15.5 Å². The van der Waals surface area contributed by atoms with Crippen LogP contribution in [0.1, 0.15) is 16.1 Å². The molecule has 162 valence electrons. The van der Waals surface area contributed by atoms with E-state index in [9.17, 15) is 14.9 Å². The molecule has 33 heavy (non-hydrogen) atoms. The fourth-order valence-electron chi connectivity index (χ4n) is 3.51. The second-order valence-corrected chi connectivity index (χ2v) is 7.37. The maximum Gasteiger partial charge on any atom is 0.291 e. The Labute approximate surface area is 187 Å². The summed E-state index contributed by atoms with van der Waals surface area (Å²) >= 11 is 0. The number of rotatable bonds is 5. The van der Waals surface area contributed by atoms with Crippen LogP contribution in [0.3, 0.4) is 0 Å². The van der Waals surface area contributed by atoms with Gasteiger partial charge in [-0.05, 0) is 55.0 Å². The van der Waals surface area contributed by atoms with Crippen molar-refractivity contribution in [3.63, 3.8) is 0 Å². The van der Waals surface area contributed by atoms with Crippen molar-refractivity contribution in [1.29, 1.82) is 0 Å². The number of hydrogen-bond donors (Lipinski definition) is 1. The van der Waals surface area contributed by atoms with Crippen LogP contribution in [0.2, 0.25) is 0 Å². The summed E-state index contributed by atoms with van der Waals surface area (Å²) in [5, 5.41) is 23.1. The Kier molecular flexibility index (Phi) is 4.91. The van der Waals surface area contributed by atoms with Gasteiger partial charge in [0.05, 0.1) is 16.2 Å². The number of carbonyl (C=O) groups is 1. The Bertz CT molecular complexity index is 1500. The highest BCUT2D eigenvalue weighted by Crippen LogP contribution is 2.31. The number of nitro groups is 1. The second kappa shape index (κ2) is 8.04. The highest BCUT2D eigenvalue weighted by atomic mass is 16.6. The minimum Gasteiger partial charge on any atom is -0.451 e. The van der Waals surface area contributed by atoms with Crippen LogP contribution < -0.4 is 5.32 Å². The smallest absolute Gasteiger partial charge is 0.291 e.